The van der Waals surface area contributed by atoms with Crippen LogP contribution in [0.25, 0.3) is 0 Å². The van der Waals surface area contributed by atoms with Gasteiger partial charge in [-0.05, 0) is 44.0 Å². The molecule has 2 amide bonds. The van der Waals surface area contributed by atoms with Gasteiger partial charge in [0.25, 0.3) is 0 Å². The van der Waals surface area contributed by atoms with Crippen molar-refractivity contribution in [3.8, 4) is 0 Å². The fraction of sp³-hybridized carbons (Fsp3) is 0.429. The van der Waals surface area contributed by atoms with E-state index in [9.17, 15) is 9.59 Å². The molecule has 0 atom stereocenters. The third kappa shape index (κ3) is 2.86. The van der Waals surface area contributed by atoms with Gasteiger partial charge in [-0.3, -0.25) is 10.1 Å². The number of fused-ring (bicyclic) bond motifs is 1. The minimum atomic E-state index is -0.457. The summed E-state index contributed by atoms with van der Waals surface area (Å²) in [5, 5.41) is 2.67. The van der Waals surface area contributed by atoms with Gasteiger partial charge in [-0.15, -0.1) is 0 Å². The Balaban J connectivity index is 2.20. The van der Waals surface area contributed by atoms with Gasteiger partial charge in [-0.1, -0.05) is 0 Å². The molecule has 1 aliphatic heterocycles. The molecule has 0 spiro atoms. The van der Waals surface area contributed by atoms with Crippen molar-refractivity contribution >= 4 is 23.4 Å². The van der Waals surface area contributed by atoms with Crippen molar-refractivity contribution in [3.05, 3.63) is 23.8 Å². The average molecular weight is 262 g/mol. The van der Waals surface area contributed by atoms with E-state index in [1.54, 1.807) is 17.9 Å². The van der Waals surface area contributed by atoms with E-state index < -0.39 is 6.09 Å². The highest BCUT2D eigenvalue weighted by Gasteiger charge is 2.22. The molecular weight excluding hydrogens is 244 g/mol. The summed E-state index contributed by atoms with van der Waals surface area (Å²) in [5.74, 6) is 0.154. The molecule has 0 fully saturated rings. The van der Waals surface area contributed by atoms with Gasteiger partial charge >= 0.3 is 6.09 Å². The van der Waals surface area contributed by atoms with Crippen LogP contribution in [0.1, 0.15) is 25.8 Å². The zero-order valence-electron chi connectivity index (χ0n) is 11.2. The fourth-order valence-corrected chi connectivity index (χ4v) is 2.27. The quantitative estimate of drug-likeness (QED) is 0.910. The molecule has 19 heavy (non-hydrogen) atoms. The highest BCUT2D eigenvalue weighted by Crippen LogP contribution is 2.30. The van der Waals surface area contributed by atoms with Crippen LogP contribution in [0.15, 0.2) is 18.2 Å². The van der Waals surface area contributed by atoms with Crippen LogP contribution in [0.2, 0.25) is 0 Å². The van der Waals surface area contributed by atoms with Gasteiger partial charge in [0.2, 0.25) is 5.91 Å². The minimum absolute atomic E-state index is 0.154. The molecule has 0 aromatic heterocycles. The fourth-order valence-electron chi connectivity index (χ4n) is 2.27. The van der Waals surface area contributed by atoms with E-state index in [1.165, 1.54) is 0 Å². The lowest BCUT2D eigenvalue weighted by atomic mass is 10.0. The standard InChI is InChI=1S/C14H18N2O3/c1-3-16-12-7-6-11(15-14(18)19-4-2)9-10(12)5-8-13(16)17/h6-7,9H,3-5,8H2,1-2H3,(H,15,18). The van der Waals surface area contributed by atoms with Crippen LogP contribution < -0.4 is 10.2 Å². The minimum Gasteiger partial charge on any atom is -0.450 e. The second-order valence-corrected chi connectivity index (χ2v) is 4.33. The molecule has 0 aliphatic carbocycles. The smallest absolute Gasteiger partial charge is 0.411 e. The van der Waals surface area contributed by atoms with E-state index >= 15 is 0 Å². The molecule has 1 heterocycles. The number of carbonyl (C=O) groups excluding carboxylic acids is 2. The Morgan fingerprint density at radius 3 is 2.84 bits per heavy atom. The van der Waals surface area contributed by atoms with Crippen LogP contribution in [0.4, 0.5) is 16.2 Å². The summed E-state index contributed by atoms with van der Waals surface area (Å²) in [7, 11) is 0. The zero-order chi connectivity index (χ0) is 13.8. The molecule has 1 aromatic carbocycles. The van der Waals surface area contributed by atoms with Gasteiger partial charge < -0.3 is 9.64 Å². The Bertz CT molecular complexity index is 499. The maximum absolute atomic E-state index is 11.8. The highest BCUT2D eigenvalue weighted by molar-refractivity contribution is 5.97. The van der Waals surface area contributed by atoms with Gasteiger partial charge in [-0.2, -0.15) is 0 Å². The van der Waals surface area contributed by atoms with Crippen LogP contribution in [-0.2, 0) is 16.0 Å². The van der Waals surface area contributed by atoms with Crippen LogP contribution in [0.3, 0.4) is 0 Å². The lowest BCUT2D eigenvalue weighted by Crippen LogP contribution is -2.34. The van der Waals surface area contributed by atoms with Crippen LogP contribution in [0.5, 0.6) is 0 Å². The number of benzene rings is 1. The number of aryl methyl sites for hydroxylation is 1. The predicted molar refractivity (Wildman–Crippen MR) is 73.4 cm³/mol. The first-order chi connectivity index (χ1) is 9.15. The molecule has 102 valence electrons. The van der Waals surface area contributed by atoms with Gasteiger partial charge in [-0.25, -0.2) is 4.79 Å². The predicted octanol–water partition coefficient (Wildman–Crippen LogP) is 2.55. The molecule has 0 saturated carbocycles. The van der Waals surface area contributed by atoms with Crippen molar-refractivity contribution in [2.24, 2.45) is 0 Å². The largest absolute Gasteiger partial charge is 0.450 e. The lowest BCUT2D eigenvalue weighted by molar-refractivity contribution is -0.118. The summed E-state index contributed by atoms with van der Waals surface area (Å²) in [5.41, 5.74) is 2.71. The van der Waals surface area contributed by atoms with Gasteiger partial charge in [0.1, 0.15) is 0 Å². The summed E-state index contributed by atoms with van der Waals surface area (Å²) in [6.45, 7) is 4.72. The van der Waals surface area contributed by atoms with Crippen LogP contribution in [-0.4, -0.2) is 25.2 Å². The normalized spacial score (nSPS) is 14.0. The Kier molecular flexibility index (Phi) is 4.04. The monoisotopic (exact) mass is 262 g/mol. The van der Waals surface area contributed by atoms with Crippen molar-refractivity contribution in [2.75, 3.05) is 23.4 Å². The lowest BCUT2D eigenvalue weighted by Gasteiger charge is -2.28. The Labute approximate surface area is 112 Å². The molecule has 5 nitrogen and oxygen atoms in total. The van der Waals surface area contributed by atoms with Crippen molar-refractivity contribution < 1.29 is 14.3 Å². The number of hydrogen-bond donors (Lipinski definition) is 1. The second kappa shape index (κ2) is 5.73. The number of nitrogens with one attached hydrogen (secondary N) is 1. The molecule has 0 radical (unpaired) electrons. The summed E-state index contributed by atoms with van der Waals surface area (Å²) >= 11 is 0. The first-order valence-electron chi connectivity index (χ1n) is 6.52. The van der Waals surface area contributed by atoms with E-state index in [2.05, 4.69) is 5.32 Å². The Morgan fingerprint density at radius 1 is 1.37 bits per heavy atom. The average Bonchev–Trinajstić information content (AvgIpc) is 2.39. The third-order valence-electron chi connectivity index (χ3n) is 3.12. The Hall–Kier alpha value is -2.04. The summed E-state index contributed by atoms with van der Waals surface area (Å²) in [6, 6.07) is 5.57. The molecule has 0 saturated heterocycles. The number of rotatable bonds is 3. The van der Waals surface area contributed by atoms with Gasteiger partial charge in [0, 0.05) is 24.3 Å². The number of amides is 2. The molecule has 1 aromatic rings. The van der Waals surface area contributed by atoms with E-state index in [4.69, 9.17) is 4.74 Å². The van der Waals surface area contributed by atoms with Crippen molar-refractivity contribution in [2.45, 2.75) is 26.7 Å². The first kappa shape index (κ1) is 13.4. The Morgan fingerprint density at radius 2 is 2.16 bits per heavy atom. The van der Waals surface area contributed by atoms with Crippen LogP contribution >= 0.6 is 0 Å². The topological polar surface area (TPSA) is 58.6 Å². The molecule has 1 N–H and O–H groups in total. The van der Waals surface area contributed by atoms with E-state index in [0.29, 0.717) is 31.7 Å². The van der Waals surface area contributed by atoms with E-state index in [0.717, 1.165) is 11.3 Å². The molecule has 0 bridgehead atoms. The van der Waals surface area contributed by atoms with E-state index in [-0.39, 0.29) is 5.91 Å². The molecular formula is C14H18N2O3. The van der Waals surface area contributed by atoms with Gasteiger partial charge in [0.15, 0.2) is 0 Å². The number of hydrogen-bond acceptors (Lipinski definition) is 3. The number of nitrogens with zero attached hydrogens (tertiary/aromatic N) is 1. The summed E-state index contributed by atoms with van der Waals surface area (Å²) < 4.78 is 4.83. The second-order valence-electron chi connectivity index (χ2n) is 4.33. The molecule has 0 unspecified atom stereocenters. The van der Waals surface area contributed by atoms with Crippen molar-refractivity contribution in [1.82, 2.24) is 0 Å². The van der Waals surface area contributed by atoms with Crippen molar-refractivity contribution in [1.29, 1.82) is 0 Å². The SMILES string of the molecule is CCOC(=O)Nc1ccc2c(c1)CCC(=O)N2CC. The summed E-state index contributed by atoms with van der Waals surface area (Å²) in [6.07, 6.45) is 0.772. The molecule has 1 aliphatic rings. The van der Waals surface area contributed by atoms with E-state index in [1.807, 2.05) is 19.1 Å². The van der Waals surface area contributed by atoms with Crippen LogP contribution in [0, 0.1) is 0 Å². The molecule has 2 rings (SSSR count). The third-order valence-corrected chi connectivity index (χ3v) is 3.12. The molecule has 5 heteroatoms. The van der Waals surface area contributed by atoms with Gasteiger partial charge in [0.05, 0.1) is 6.61 Å². The summed E-state index contributed by atoms with van der Waals surface area (Å²) in [4.78, 5) is 24.9. The first-order valence-corrected chi connectivity index (χ1v) is 6.52. The van der Waals surface area contributed by atoms with Crippen molar-refractivity contribution in [3.63, 3.8) is 0 Å². The highest BCUT2D eigenvalue weighted by atomic mass is 16.5. The zero-order valence-corrected chi connectivity index (χ0v) is 11.2. The number of anilines is 2. The number of carbonyl (C=O) groups is 2. The number of ether oxygens (including phenoxy) is 1. The maximum atomic E-state index is 11.8. The maximum Gasteiger partial charge on any atom is 0.411 e.